The van der Waals surface area contributed by atoms with Crippen LogP contribution in [-0.4, -0.2) is 15.2 Å². The number of aryl methyl sites for hydroxylation is 2. The number of amides is 1. The van der Waals surface area contributed by atoms with E-state index in [0.29, 0.717) is 22.7 Å². The van der Waals surface area contributed by atoms with Crippen molar-refractivity contribution >= 4 is 38.6 Å². The van der Waals surface area contributed by atoms with Crippen LogP contribution in [0.15, 0.2) is 44.0 Å². The quantitative estimate of drug-likeness (QED) is 0.277. The van der Waals surface area contributed by atoms with Crippen LogP contribution in [-0.2, 0) is 6.54 Å². The first-order valence-electron chi connectivity index (χ1n) is 9.89. The number of nitrogens with two attached hydrogens (primary N) is 2. The van der Waals surface area contributed by atoms with Crippen LogP contribution in [0.2, 0.25) is 0 Å². The van der Waals surface area contributed by atoms with E-state index in [9.17, 15) is 9.59 Å². The van der Waals surface area contributed by atoms with Crippen molar-refractivity contribution in [2.75, 3.05) is 5.84 Å². The molecule has 31 heavy (non-hydrogen) atoms. The molecule has 1 amide bonds. The number of carbonyl (C=O) groups excluding carboxylic acids is 1. The molecular formula is C21H26BrN7O2. The van der Waals surface area contributed by atoms with E-state index in [1.54, 1.807) is 19.1 Å². The number of aromatic nitrogens is 2. The Kier molecular flexibility index (Phi) is 6.49. The summed E-state index contributed by atoms with van der Waals surface area (Å²) in [7, 11) is 0. The Balaban J connectivity index is 1.98. The van der Waals surface area contributed by atoms with Gasteiger partial charge in [0, 0.05) is 34.2 Å². The lowest BCUT2D eigenvalue weighted by Crippen LogP contribution is -2.34. The van der Waals surface area contributed by atoms with Gasteiger partial charge in [-0.2, -0.15) is 0 Å². The smallest absolute Gasteiger partial charge is 0.275 e. The molecule has 1 aromatic carbocycles. The molecule has 0 aliphatic rings. The van der Waals surface area contributed by atoms with Crippen LogP contribution >= 0.6 is 15.9 Å². The molecule has 0 radical (unpaired) electrons. The molecule has 0 aliphatic carbocycles. The van der Waals surface area contributed by atoms with E-state index in [1.165, 1.54) is 0 Å². The van der Waals surface area contributed by atoms with Crippen molar-refractivity contribution in [1.29, 1.82) is 0 Å². The van der Waals surface area contributed by atoms with Crippen molar-refractivity contribution in [3.63, 3.8) is 0 Å². The largest absolute Gasteiger partial charge is 0.348 e. The molecule has 0 saturated heterocycles. The fraction of sp³-hybridized carbons (Fsp3) is 0.333. The van der Waals surface area contributed by atoms with E-state index in [0.717, 1.165) is 32.0 Å². The molecule has 0 spiro atoms. The number of hydrogen-bond donors (Lipinski definition) is 3. The maximum atomic E-state index is 13.1. The Morgan fingerprint density at radius 1 is 1.26 bits per heavy atom. The molecule has 2 aromatic heterocycles. The highest BCUT2D eigenvalue weighted by Crippen LogP contribution is 2.31. The Morgan fingerprint density at radius 2 is 1.97 bits per heavy atom. The topological polar surface area (TPSA) is 133 Å². The number of hydrogen-bond acceptors (Lipinski definition) is 5. The van der Waals surface area contributed by atoms with Crippen molar-refractivity contribution in [2.24, 2.45) is 16.2 Å². The van der Waals surface area contributed by atoms with Crippen LogP contribution in [0.3, 0.4) is 0 Å². The summed E-state index contributed by atoms with van der Waals surface area (Å²) in [6.45, 7) is 8.04. The summed E-state index contributed by atoms with van der Waals surface area (Å²) in [6.07, 6.45) is 3.05. The van der Waals surface area contributed by atoms with Gasteiger partial charge in [-0.3, -0.25) is 9.59 Å². The van der Waals surface area contributed by atoms with Crippen molar-refractivity contribution < 1.29 is 4.79 Å². The van der Waals surface area contributed by atoms with Crippen molar-refractivity contribution in [1.82, 2.24) is 14.6 Å². The van der Waals surface area contributed by atoms with Gasteiger partial charge in [-0.25, -0.2) is 4.68 Å². The molecule has 1 atom stereocenters. The number of nitrogen functional groups attached to an aromatic ring is 1. The maximum absolute atomic E-state index is 13.1. The Morgan fingerprint density at radius 3 is 2.61 bits per heavy atom. The lowest BCUT2D eigenvalue weighted by molar-refractivity contribution is 0.0952. The molecule has 0 bridgehead atoms. The highest BCUT2D eigenvalue weighted by molar-refractivity contribution is 9.10. The number of nitrogens with zero attached hydrogens (tertiary/aromatic N) is 4. The monoisotopic (exact) mass is 487 g/mol. The second-order valence-electron chi connectivity index (χ2n) is 7.56. The molecule has 9 nitrogen and oxygen atoms in total. The summed E-state index contributed by atoms with van der Waals surface area (Å²) in [4.78, 5) is 25.7. The third-order valence-electron chi connectivity index (χ3n) is 5.53. The molecule has 3 rings (SSSR count). The van der Waals surface area contributed by atoms with Crippen molar-refractivity contribution in [3.8, 4) is 0 Å². The van der Waals surface area contributed by atoms with Crippen molar-refractivity contribution in [3.05, 3.63) is 61.5 Å². The number of carbonyl (C=O) groups is 1. The summed E-state index contributed by atoms with van der Waals surface area (Å²) in [5.74, 6) is 10.7. The molecular weight excluding hydrogens is 462 g/mol. The fourth-order valence-electron chi connectivity index (χ4n) is 3.68. The highest BCUT2D eigenvalue weighted by Gasteiger charge is 2.19. The van der Waals surface area contributed by atoms with Gasteiger partial charge >= 0.3 is 0 Å². The standard InChI is InChI=1S/C21H26BrN7O2/c1-5-13(4)28-10-12(3)19-15(7-14(22)8-17(19)28)20(30)25-9-16-11(2)6-18(26-27-23)29(24)21(16)31/h6-8,10,13H,5,9,24H2,1-4H3,(H2,23,26)(H,25,30)/t13-/m1/s1. The first kappa shape index (κ1) is 22.5. The van der Waals surface area contributed by atoms with Crippen LogP contribution in [0.1, 0.15) is 53.4 Å². The molecule has 2 heterocycles. The average Bonchev–Trinajstić information content (AvgIpc) is 3.06. The number of pyridine rings is 1. The number of rotatable bonds is 6. The zero-order valence-corrected chi connectivity index (χ0v) is 19.5. The third-order valence-corrected chi connectivity index (χ3v) is 5.99. The van der Waals surface area contributed by atoms with E-state index in [4.69, 9.17) is 11.7 Å². The van der Waals surface area contributed by atoms with E-state index < -0.39 is 5.56 Å². The second kappa shape index (κ2) is 8.93. The van der Waals surface area contributed by atoms with Gasteiger partial charge in [-0.15, -0.1) is 5.11 Å². The lowest BCUT2D eigenvalue weighted by atomic mass is 10.1. The minimum absolute atomic E-state index is 0.0277. The number of nitrogens with one attached hydrogen (secondary N) is 1. The Labute approximate surface area is 188 Å². The molecule has 3 aromatic rings. The predicted octanol–water partition coefficient (Wildman–Crippen LogP) is 3.75. The molecule has 0 saturated carbocycles. The first-order valence-corrected chi connectivity index (χ1v) is 10.7. The molecule has 0 aliphatic heterocycles. The lowest BCUT2D eigenvalue weighted by Gasteiger charge is -2.14. The zero-order valence-electron chi connectivity index (χ0n) is 17.9. The van der Waals surface area contributed by atoms with Crippen LogP contribution in [0.25, 0.3) is 10.9 Å². The van der Waals surface area contributed by atoms with Gasteiger partial charge in [0.2, 0.25) is 0 Å². The Bertz CT molecular complexity index is 1240. The van der Waals surface area contributed by atoms with Crippen molar-refractivity contribution in [2.45, 2.75) is 46.7 Å². The van der Waals surface area contributed by atoms with Gasteiger partial charge in [0.25, 0.3) is 11.5 Å². The van der Waals surface area contributed by atoms with Gasteiger partial charge < -0.3 is 21.6 Å². The van der Waals surface area contributed by atoms with Crippen LogP contribution in [0.5, 0.6) is 0 Å². The van der Waals surface area contributed by atoms with Crippen LogP contribution < -0.4 is 22.6 Å². The van der Waals surface area contributed by atoms with E-state index in [-0.39, 0.29) is 18.3 Å². The number of fused-ring (bicyclic) bond motifs is 1. The highest BCUT2D eigenvalue weighted by atomic mass is 79.9. The Hall–Kier alpha value is -3.14. The second-order valence-corrected chi connectivity index (χ2v) is 8.48. The number of halogens is 1. The summed E-state index contributed by atoms with van der Waals surface area (Å²) < 4.78 is 3.86. The molecule has 0 unspecified atom stereocenters. The van der Waals surface area contributed by atoms with Gasteiger partial charge in [0.15, 0.2) is 5.82 Å². The van der Waals surface area contributed by atoms with E-state index in [1.807, 2.05) is 13.0 Å². The SMILES string of the molecule is CC[C@@H](C)n1cc(C)c2c(C(=O)NCc3c(C)cc(N=NN)n(N)c3=O)cc(Br)cc21. The molecule has 164 valence electrons. The van der Waals surface area contributed by atoms with E-state index in [2.05, 4.69) is 56.2 Å². The summed E-state index contributed by atoms with van der Waals surface area (Å²) in [5, 5.41) is 10.6. The van der Waals surface area contributed by atoms with Gasteiger partial charge in [-0.1, -0.05) is 28.1 Å². The fourth-order valence-corrected chi connectivity index (χ4v) is 4.12. The van der Waals surface area contributed by atoms with Crippen LogP contribution in [0, 0.1) is 13.8 Å². The molecule has 10 heteroatoms. The third kappa shape index (κ3) is 4.20. The molecule has 0 fully saturated rings. The summed E-state index contributed by atoms with van der Waals surface area (Å²) in [5.41, 5.74) is 3.08. The van der Waals surface area contributed by atoms with Crippen LogP contribution in [0.4, 0.5) is 5.82 Å². The summed E-state index contributed by atoms with van der Waals surface area (Å²) in [6, 6.07) is 5.71. The summed E-state index contributed by atoms with van der Waals surface area (Å²) >= 11 is 3.52. The first-order chi connectivity index (χ1) is 14.7. The van der Waals surface area contributed by atoms with Gasteiger partial charge in [0.05, 0.1) is 11.1 Å². The van der Waals surface area contributed by atoms with Gasteiger partial charge in [0.1, 0.15) is 0 Å². The minimum atomic E-state index is -0.471. The molecule has 5 N–H and O–H groups in total. The maximum Gasteiger partial charge on any atom is 0.275 e. The predicted molar refractivity (Wildman–Crippen MR) is 125 cm³/mol. The normalized spacial score (nSPS) is 12.5. The van der Waals surface area contributed by atoms with E-state index >= 15 is 0 Å². The number of benzene rings is 1. The average molecular weight is 488 g/mol. The minimum Gasteiger partial charge on any atom is -0.348 e. The zero-order chi connectivity index (χ0) is 22.9. The van der Waals surface area contributed by atoms with Gasteiger partial charge in [-0.05, 0) is 56.5 Å².